The predicted molar refractivity (Wildman–Crippen MR) is 111 cm³/mol. The van der Waals surface area contributed by atoms with Crippen molar-refractivity contribution in [1.82, 2.24) is 0 Å². The van der Waals surface area contributed by atoms with Gasteiger partial charge in [0.25, 0.3) is 0 Å². The van der Waals surface area contributed by atoms with Crippen molar-refractivity contribution in [3.63, 3.8) is 0 Å². The summed E-state index contributed by atoms with van der Waals surface area (Å²) in [6.07, 6.45) is -0.960. The summed E-state index contributed by atoms with van der Waals surface area (Å²) in [6.45, 7) is 8.59. The van der Waals surface area contributed by atoms with Crippen LogP contribution in [0.2, 0.25) is 0 Å². The number of hydrogen-bond acceptors (Lipinski definition) is 5. The minimum atomic E-state index is -1.52. The summed E-state index contributed by atoms with van der Waals surface area (Å²) >= 11 is 0. The largest absolute Gasteiger partial charge is 0.460 e. The fourth-order valence-electron chi connectivity index (χ4n) is 3.11. The van der Waals surface area contributed by atoms with Gasteiger partial charge in [-0.3, -0.25) is 9.59 Å². The zero-order chi connectivity index (χ0) is 21.7. The van der Waals surface area contributed by atoms with E-state index in [4.69, 9.17) is 9.47 Å². The van der Waals surface area contributed by atoms with Crippen LogP contribution in [0.4, 0.5) is 0 Å². The molecule has 0 aliphatic heterocycles. The second-order valence-electron chi connectivity index (χ2n) is 8.27. The molecule has 0 bridgehead atoms. The first kappa shape index (κ1) is 22.6. The molecular formula is C24H30O5. The van der Waals surface area contributed by atoms with E-state index in [0.29, 0.717) is 11.1 Å². The Kier molecular flexibility index (Phi) is 7.20. The summed E-state index contributed by atoms with van der Waals surface area (Å²) in [6, 6.07) is 18.2. The Bertz CT molecular complexity index is 769. The van der Waals surface area contributed by atoms with Crippen molar-refractivity contribution < 1.29 is 24.2 Å². The highest BCUT2D eigenvalue weighted by Crippen LogP contribution is 2.35. The van der Waals surface area contributed by atoms with E-state index in [1.54, 1.807) is 58.9 Å². The number of esters is 2. The number of hydrogen-bond donors (Lipinski definition) is 1. The smallest absolute Gasteiger partial charge is 0.309 e. The first-order valence-electron chi connectivity index (χ1n) is 9.80. The Hall–Kier alpha value is -2.66. The Morgan fingerprint density at radius 2 is 1.34 bits per heavy atom. The third-order valence-electron chi connectivity index (χ3n) is 4.60. The Morgan fingerprint density at radius 1 is 0.897 bits per heavy atom. The molecule has 29 heavy (non-hydrogen) atoms. The van der Waals surface area contributed by atoms with Gasteiger partial charge in [0.15, 0.2) is 5.60 Å². The van der Waals surface area contributed by atoms with Gasteiger partial charge in [-0.2, -0.15) is 0 Å². The van der Waals surface area contributed by atoms with Crippen LogP contribution in [0.3, 0.4) is 0 Å². The van der Waals surface area contributed by atoms with E-state index in [1.165, 1.54) is 0 Å². The third-order valence-corrected chi connectivity index (χ3v) is 4.60. The van der Waals surface area contributed by atoms with Crippen molar-refractivity contribution >= 4 is 11.9 Å². The minimum absolute atomic E-state index is 0.0854. The third kappa shape index (κ3) is 5.91. The summed E-state index contributed by atoms with van der Waals surface area (Å²) in [7, 11) is 0. The van der Waals surface area contributed by atoms with Crippen LogP contribution in [0.15, 0.2) is 60.7 Å². The van der Waals surface area contributed by atoms with E-state index >= 15 is 0 Å². The minimum Gasteiger partial charge on any atom is -0.460 e. The second-order valence-corrected chi connectivity index (χ2v) is 8.27. The van der Waals surface area contributed by atoms with Gasteiger partial charge in [0.05, 0.1) is 12.3 Å². The zero-order valence-corrected chi connectivity index (χ0v) is 17.7. The lowest BCUT2D eigenvalue weighted by molar-refractivity contribution is -0.169. The molecule has 2 aromatic carbocycles. The molecule has 0 heterocycles. The summed E-state index contributed by atoms with van der Waals surface area (Å²) in [4.78, 5) is 24.6. The zero-order valence-electron chi connectivity index (χ0n) is 17.7. The molecule has 0 spiro atoms. The quantitative estimate of drug-likeness (QED) is 0.707. The molecule has 5 heteroatoms. The molecule has 2 aromatic rings. The van der Waals surface area contributed by atoms with Gasteiger partial charge in [-0.15, -0.1) is 0 Å². The van der Waals surface area contributed by atoms with Gasteiger partial charge in [-0.25, -0.2) is 0 Å². The monoisotopic (exact) mass is 398 g/mol. The van der Waals surface area contributed by atoms with Crippen LogP contribution in [0.25, 0.3) is 0 Å². The number of rotatable bonds is 7. The molecule has 1 N–H and O–H groups in total. The molecule has 0 radical (unpaired) electrons. The number of aliphatic hydroxyl groups is 1. The fourth-order valence-corrected chi connectivity index (χ4v) is 3.11. The predicted octanol–water partition coefficient (Wildman–Crippen LogP) is 4.22. The molecule has 0 fully saturated rings. The average Bonchev–Trinajstić information content (AvgIpc) is 2.67. The summed E-state index contributed by atoms with van der Waals surface area (Å²) < 4.78 is 10.9. The van der Waals surface area contributed by atoms with Gasteiger partial charge in [0, 0.05) is 0 Å². The molecule has 0 aromatic heterocycles. The van der Waals surface area contributed by atoms with Gasteiger partial charge >= 0.3 is 11.9 Å². The normalized spacial score (nSPS) is 14.0. The van der Waals surface area contributed by atoms with E-state index < -0.39 is 35.2 Å². The molecule has 0 amide bonds. The van der Waals surface area contributed by atoms with E-state index in [1.807, 2.05) is 36.4 Å². The van der Waals surface area contributed by atoms with Crippen molar-refractivity contribution in [2.45, 2.75) is 58.3 Å². The van der Waals surface area contributed by atoms with Gasteiger partial charge in [0.1, 0.15) is 11.7 Å². The number of carbonyl (C=O) groups is 2. The van der Waals surface area contributed by atoms with Crippen molar-refractivity contribution in [1.29, 1.82) is 0 Å². The summed E-state index contributed by atoms with van der Waals surface area (Å²) in [5.74, 6) is -1.72. The van der Waals surface area contributed by atoms with Crippen LogP contribution in [0, 0.1) is 5.92 Å². The molecular weight excluding hydrogens is 368 g/mol. The highest BCUT2D eigenvalue weighted by atomic mass is 16.6. The first-order chi connectivity index (χ1) is 13.5. The van der Waals surface area contributed by atoms with E-state index in [0.717, 1.165) is 0 Å². The highest BCUT2D eigenvalue weighted by molar-refractivity contribution is 5.80. The SMILES string of the molecule is C[C@H](CC(=O)OC(C)(C)C)C(=O)O[C@@H](C)C(O)(c1ccccc1)c1ccccc1. The van der Waals surface area contributed by atoms with Crippen LogP contribution >= 0.6 is 0 Å². The Balaban J connectivity index is 2.19. The fraction of sp³-hybridized carbons (Fsp3) is 0.417. The Morgan fingerprint density at radius 3 is 1.76 bits per heavy atom. The maximum atomic E-state index is 12.6. The summed E-state index contributed by atoms with van der Waals surface area (Å²) in [5, 5.41) is 11.6. The van der Waals surface area contributed by atoms with Gasteiger partial charge in [0.2, 0.25) is 0 Å². The first-order valence-corrected chi connectivity index (χ1v) is 9.80. The van der Waals surface area contributed by atoms with Crippen molar-refractivity contribution in [3.05, 3.63) is 71.8 Å². The molecule has 0 saturated heterocycles. The molecule has 2 atom stereocenters. The lowest BCUT2D eigenvalue weighted by atomic mass is 9.82. The standard InChI is InChI=1S/C24H30O5/c1-17(16-21(25)29-23(3,4)5)22(26)28-18(2)24(27,19-12-8-6-9-13-19)20-14-10-7-11-15-20/h6-15,17-18,27H,16H2,1-5H3/t17-,18+/m1/s1. The molecule has 0 saturated carbocycles. The van der Waals surface area contributed by atoms with Crippen molar-refractivity contribution in [3.8, 4) is 0 Å². The lowest BCUT2D eigenvalue weighted by Gasteiger charge is -2.35. The van der Waals surface area contributed by atoms with Crippen LogP contribution in [0.5, 0.6) is 0 Å². The van der Waals surface area contributed by atoms with Crippen LogP contribution in [-0.4, -0.2) is 28.8 Å². The molecule has 2 rings (SSSR count). The van der Waals surface area contributed by atoms with E-state index in [-0.39, 0.29) is 6.42 Å². The van der Waals surface area contributed by atoms with Gasteiger partial charge in [-0.05, 0) is 38.8 Å². The molecule has 0 aliphatic rings. The van der Waals surface area contributed by atoms with E-state index in [2.05, 4.69) is 0 Å². The number of carbonyl (C=O) groups excluding carboxylic acids is 2. The maximum absolute atomic E-state index is 12.6. The molecule has 0 aliphatic carbocycles. The maximum Gasteiger partial charge on any atom is 0.309 e. The van der Waals surface area contributed by atoms with E-state index in [9.17, 15) is 14.7 Å². The van der Waals surface area contributed by atoms with Gasteiger partial charge in [-0.1, -0.05) is 67.6 Å². The number of ether oxygens (including phenoxy) is 2. The molecule has 0 unspecified atom stereocenters. The average molecular weight is 398 g/mol. The molecule has 5 nitrogen and oxygen atoms in total. The highest BCUT2D eigenvalue weighted by Gasteiger charge is 2.40. The lowest BCUT2D eigenvalue weighted by Crippen LogP contribution is -2.42. The van der Waals surface area contributed by atoms with Crippen LogP contribution in [-0.2, 0) is 24.7 Å². The van der Waals surface area contributed by atoms with Crippen molar-refractivity contribution in [2.75, 3.05) is 0 Å². The van der Waals surface area contributed by atoms with Gasteiger partial charge < -0.3 is 14.6 Å². The second kappa shape index (κ2) is 9.23. The van der Waals surface area contributed by atoms with Crippen LogP contribution in [0.1, 0.15) is 52.2 Å². The molecule has 156 valence electrons. The topological polar surface area (TPSA) is 72.8 Å². The summed E-state index contributed by atoms with van der Waals surface area (Å²) in [5.41, 5.74) is -0.906. The Labute approximate surface area is 172 Å². The number of benzene rings is 2. The van der Waals surface area contributed by atoms with Crippen molar-refractivity contribution in [2.24, 2.45) is 5.92 Å². The van der Waals surface area contributed by atoms with Crippen LogP contribution < -0.4 is 0 Å².